The average molecular weight is 423 g/mol. The molecule has 1 amide bonds. The molecule has 4 heterocycles. The van der Waals surface area contributed by atoms with E-state index in [-0.39, 0.29) is 32.4 Å². The van der Waals surface area contributed by atoms with Gasteiger partial charge in [0.05, 0.1) is 21.8 Å². The third kappa shape index (κ3) is 2.79. The number of amides is 1. The normalized spacial score (nSPS) is 18.8. The number of nitrogens with zero attached hydrogens (tertiary/aromatic N) is 1. The van der Waals surface area contributed by atoms with Crippen LogP contribution >= 0.6 is 22.7 Å². The van der Waals surface area contributed by atoms with E-state index in [0.717, 1.165) is 36.7 Å². The maximum absolute atomic E-state index is 14.0. The fraction of sp³-hybridized carbons (Fsp3) is 0.368. The molecule has 2 N–H and O–H groups in total. The van der Waals surface area contributed by atoms with Crippen molar-refractivity contribution in [3.05, 3.63) is 34.0 Å². The van der Waals surface area contributed by atoms with Crippen molar-refractivity contribution < 1.29 is 18.0 Å². The molecule has 2 aliphatic rings. The fourth-order valence-corrected chi connectivity index (χ4v) is 5.84. The summed E-state index contributed by atoms with van der Waals surface area (Å²) < 4.78 is 41.9. The highest BCUT2D eigenvalue weighted by molar-refractivity contribution is 7.21. The number of halogens is 3. The number of carbonyl (C=O) groups excluding carboxylic acids is 1. The van der Waals surface area contributed by atoms with Crippen LogP contribution in [0.25, 0.3) is 20.8 Å². The largest absolute Gasteiger partial charge is 0.417 e. The van der Waals surface area contributed by atoms with Crippen LogP contribution in [-0.4, -0.2) is 16.6 Å². The Morgan fingerprint density at radius 3 is 2.61 bits per heavy atom. The van der Waals surface area contributed by atoms with Gasteiger partial charge in [-0.2, -0.15) is 13.2 Å². The monoisotopic (exact) mass is 423 g/mol. The average Bonchev–Trinajstić information content (AvgIpc) is 3.29. The second-order valence-electron chi connectivity index (χ2n) is 7.24. The summed E-state index contributed by atoms with van der Waals surface area (Å²) in [5.74, 6) is -0.315. The van der Waals surface area contributed by atoms with E-state index >= 15 is 0 Å². The van der Waals surface area contributed by atoms with E-state index in [1.54, 1.807) is 17.5 Å². The molecule has 0 unspecified atom stereocenters. The van der Waals surface area contributed by atoms with Crippen LogP contribution in [0.3, 0.4) is 0 Å². The van der Waals surface area contributed by atoms with Gasteiger partial charge in [-0.05, 0) is 43.2 Å². The van der Waals surface area contributed by atoms with Crippen LogP contribution in [-0.2, 0) is 6.18 Å². The maximum Gasteiger partial charge on any atom is 0.417 e. The van der Waals surface area contributed by atoms with Crippen LogP contribution in [0.15, 0.2) is 23.6 Å². The number of aromatic nitrogens is 1. The Labute approximate surface area is 166 Å². The van der Waals surface area contributed by atoms with Gasteiger partial charge < -0.3 is 10.6 Å². The van der Waals surface area contributed by atoms with E-state index < -0.39 is 17.4 Å². The molecule has 9 heteroatoms. The van der Waals surface area contributed by atoms with Crippen LogP contribution in [0.5, 0.6) is 0 Å². The molecule has 1 spiro atoms. The van der Waals surface area contributed by atoms with Crippen molar-refractivity contribution in [2.24, 2.45) is 0 Å². The fourth-order valence-electron chi connectivity index (χ4n) is 4.10. The van der Waals surface area contributed by atoms with Crippen molar-refractivity contribution in [1.29, 1.82) is 0 Å². The maximum atomic E-state index is 14.0. The van der Waals surface area contributed by atoms with Gasteiger partial charge in [0.15, 0.2) is 0 Å². The third-order valence-electron chi connectivity index (χ3n) is 5.37. The topological polar surface area (TPSA) is 54.0 Å². The first-order valence-electron chi connectivity index (χ1n) is 9.06. The first-order chi connectivity index (χ1) is 13.4. The lowest BCUT2D eigenvalue weighted by molar-refractivity contribution is -0.136. The van der Waals surface area contributed by atoms with Gasteiger partial charge in [-0.15, -0.1) is 22.7 Å². The van der Waals surface area contributed by atoms with Gasteiger partial charge in [-0.25, -0.2) is 4.98 Å². The molecule has 146 valence electrons. The summed E-state index contributed by atoms with van der Waals surface area (Å²) in [6.07, 6.45) is -0.211. The lowest BCUT2D eigenvalue weighted by Gasteiger charge is -2.42. The number of rotatable bonds is 1. The summed E-state index contributed by atoms with van der Waals surface area (Å²) in [6.45, 7) is 0. The van der Waals surface area contributed by atoms with E-state index in [4.69, 9.17) is 0 Å². The van der Waals surface area contributed by atoms with Crippen molar-refractivity contribution in [3.63, 3.8) is 0 Å². The molecule has 0 saturated heterocycles. The van der Waals surface area contributed by atoms with Crippen LogP contribution in [0.4, 0.5) is 18.9 Å². The molecule has 0 aromatic carbocycles. The second-order valence-corrected chi connectivity index (χ2v) is 9.19. The summed E-state index contributed by atoms with van der Waals surface area (Å²) >= 11 is 2.35. The van der Waals surface area contributed by atoms with E-state index in [2.05, 4.69) is 15.6 Å². The van der Waals surface area contributed by atoms with Gasteiger partial charge in [0.25, 0.3) is 5.91 Å². The highest BCUT2D eigenvalue weighted by Gasteiger charge is 2.43. The lowest BCUT2D eigenvalue weighted by atomic mass is 9.87. The van der Waals surface area contributed by atoms with E-state index in [1.165, 1.54) is 11.3 Å². The second kappa shape index (κ2) is 6.18. The summed E-state index contributed by atoms with van der Waals surface area (Å²) in [5.41, 5.74) is -0.845. The molecule has 1 saturated carbocycles. The predicted molar refractivity (Wildman–Crippen MR) is 105 cm³/mol. The molecule has 0 bridgehead atoms. The number of alkyl halides is 3. The molecule has 5 rings (SSSR count). The van der Waals surface area contributed by atoms with Crippen molar-refractivity contribution in [1.82, 2.24) is 10.3 Å². The number of thiophene rings is 2. The van der Waals surface area contributed by atoms with Crippen molar-refractivity contribution in [3.8, 4) is 10.6 Å². The van der Waals surface area contributed by atoms with Crippen LogP contribution in [0.1, 0.15) is 47.3 Å². The van der Waals surface area contributed by atoms with Gasteiger partial charge in [0, 0.05) is 5.39 Å². The van der Waals surface area contributed by atoms with Crippen LogP contribution in [0.2, 0.25) is 0 Å². The molecule has 1 aliphatic heterocycles. The number of fused-ring (bicyclic) bond motifs is 3. The molecule has 0 atom stereocenters. The molecular weight excluding hydrogens is 407 g/mol. The molecule has 1 fully saturated rings. The lowest BCUT2D eigenvalue weighted by Crippen LogP contribution is -2.58. The minimum atomic E-state index is -4.54. The number of hydrogen-bond acceptors (Lipinski definition) is 5. The summed E-state index contributed by atoms with van der Waals surface area (Å²) in [5, 5.41) is 8.08. The van der Waals surface area contributed by atoms with Crippen LogP contribution < -0.4 is 10.6 Å². The molecule has 0 radical (unpaired) electrons. The molecule has 28 heavy (non-hydrogen) atoms. The zero-order chi connectivity index (χ0) is 19.5. The highest BCUT2D eigenvalue weighted by Crippen LogP contribution is 2.48. The highest BCUT2D eigenvalue weighted by atomic mass is 32.1. The third-order valence-corrected chi connectivity index (χ3v) is 7.35. The predicted octanol–water partition coefficient (Wildman–Crippen LogP) is 5.86. The summed E-state index contributed by atoms with van der Waals surface area (Å²) in [6, 6.07) is 4.62. The first kappa shape index (κ1) is 17.9. The Morgan fingerprint density at radius 1 is 1.14 bits per heavy atom. The number of carbonyl (C=O) groups is 1. The first-order valence-corrected chi connectivity index (χ1v) is 10.8. The Balaban J connectivity index is 1.74. The van der Waals surface area contributed by atoms with Gasteiger partial charge in [-0.1, -0.05) is 12.5 Å². The van der Waals surface area contributed by atoms with Gasteiger partial charge in [0.2, 0.25) is 0 Å². The Bertz CT molecular complexity index is 1070. The smallest absolute Gasteiger partial charge is 0.361 e. The Kier molecular flexibility index (Phi) is 3.96. The Morgan fingerprint density at radius 2 is 1.93 bits per heavy atom. The quantitative estimate of drug-likeness (QED) is 0.516. The van der Waals surface area contributed by atoms with Gasteiger partial charge in [-0.3, -0.25) is 4.79 Å². The summed E-state index contributed by atoms with van der Waals surface area (Å²) in [7, 11) is 0. The van der Waals surface area contributed by atoms with Crippen LogP contribution in [0, 0.1) is 0 Å². The molecule has 4 nitrogen and oxygen atoms in total. The number of pyridine rings is 1. The summed E-state index contributed by atoms with van der Waals surface area (Å²) in [4.78, 5) is 18.4. The zero-order valence-electron chi connectivity index (χ0n) is 14.7. The van der Waals surface area contributed by atoms with E-state index in [0.29, 0.717) is 17.7 Å². The minimum Gasteiger partial charge on any atom is -0.361 e. The minimum absolute atomic E-state index is 0.00704. The van der Waals surface area contributed by atoms with E-state index in [1.807, 2.05) is 0 Å². The number of hydrogen-bond donors (Lipinski definition) is 2. The van der Waals surface area contributed by atoms with E-state index in [9.17, 15) is 18.0 Å². The molecular formula is C19H16F3N3OS2. The Hall–Kier alpha value is -2.13. The number of nitrogens with one attached hydrogen (secondary N) is 2. The molecule has 3 aromatic rings. The van der Waals surface area contributed by atoms with Gasteiger partial charge in [0.1, 0.15) is 15.4 Å². The van der Waals surface area contributed by atoms with Crippen molar-refractivity contribution >= 4 is 44.5 Å². The molecule has 1 aliphatic carbocycles. The van der Waals surface area contributed by atoms with Gasteiger partial charge >= 0.3 is 6.18 Å². The van der Waals surface area contributed by atoms with Crippen molar-refractivity contribution in [2.45, 2.75) is 43.9 Å². The molecule has 3 aromatic heterocycles. The SMILES string of the molecule is O=C1NC2(CCCCC2)Nc2c1sc1nc(-c3cccs3)cc(C(F)(F)F)c21. The number of anilines is 1. The zero-order valence-corrected chi connectivity index (χ0v) is 16.3. The standard InChI is InChI=1S/C19H16F3N3OS2/c20-19(21,22)10-9-11(12-5-4-8-27-12)23-17-13(10)14-15(28-17)16(26)25-18(24-14)6-2-1-3-7-18/h4-5,8-9,24H,1-3,6-7H2,(H,25,26). The van der Waals surface area contributed by atoms with Crippen molar-refractivity contribution in [2.75, 3.05) is 5.32 Å².